The molecule has 0 bridgehead atoms. The van der Waals surface area contributed by atoms with Crippen molar-refractivity contribution in [2.24, 2.45) is 10.2 Å². The lowest BCUT2D eigenvalue weighted by atomic mass is 10.1. The highest BCUT2D eigenvalue weighted by Crippen LogP contribution is 2.19. The van der Waals surface area contributed by atoms with Gasteiger partial charge in [-0.1, -0.05) is 24.3 Å². The fourth-order valence-electron chi connectivity index (χ4n) is 1.89. The molecule has 1 amide bonds. The Bertz CT molecular complexity index is 672. The highest BCUT2D eigenvalue weighted by atomic mass is 16.3. The van der Waals surface area contributed by atoms with E-state index in [0.717, 1.165) is 5.69 Å². The third-order valence-corrected chi connectivity index (χ3v) is 3.24. The molecular formula is C17H19N3O3. The van der Waals surface area contributed by atoms with E-state index in [2.05, 4.69) is 15.5 Å². The van der Waals surface area contributed by atoms with Gasteiger partial charge < -0.3 is 15.5 Å². The highest BCUT2D eigenvalue weighted by Gasteiger charge is 2.17. The van der Waals surface area contributed by atoms with Gasteiger partial charge in [0.15, 0.2) is 0 Å². The van der Waals surface area contributed by atoms with Crippen molar-refractivity contribution in [3.63, 3.8) is 0 Å². The number of rotatable bonds is 6. The second-order valence-electron chi connectivity index (χ2n) is 5.09. The lowest BCUT2D eigenvalue weighted by Gasteiger charge is -2.18. The highest BCUT2D eigenvalue weighted by molar-refractivity contribution is 5.95. The van der Waals surface area contributed by atoms with Gasteiger partial charge in [0.25, 0.3) is 5.91 Å². The van der Waals surface area contributed by atoms with Crippen molar-refractivity contribution in [3.8, 4) is 0 Å². The Hall–Kier alpha value is -2.57. The summed E-state index contributed by atoms with van der Waals surface area (Å²) in [7, 11) is 0. The molecule has 0 saturated heterocycles. The molecule has 0 spiro atoms. The standard InChI is InChI=1S/C17H19N3O3/c1-12(22)16(11-21)18-17(23)13-6-5-9-15(10-13)20-19-14-7-3-2-4-8-14/h2-10,12,16,21-22H,11H2,1H3,(H,18,23)/t12-,16-/m0/s1. The first-order valence-corrected chi connectivity index (χ1v) is 7.27. The minimum atomic E-state index is -0.843. The predicted molar refractivity (Wildman–Crippen MR) is 87.1 cm³/mol. The maximum absolute atomic E-state index is 12.1. The van der Waals surface area contributed by atoms with E-state index in [1.165, 1.54) is 6.92 Å². The Morgan fingerprint density at radius 2 is 1.74 bits per heavy atom. The summed E-state index contributed by atoms with van der Waals surface area (Å²) in [6.07, 6.45) is -0.843. The molecule has 0 heterocycles. The van der Waals surface area contributed by atoms with Crippen molar-refractivity contribution < 1.29 is 15.0 Å². The number of carbonyl (C=O) groups is 1. The number of nitrogens with one attached hydrogen (secondary N) is 1. The molecule has 0 aromatic heterocycles. The first-order valence-electron chi connectivity index (χ1n) is 7.27. The zero-order chi connectivity index (χ0) is 16.7. The second kappa shape index (κ2) is 8.17. The minimum absolute atomic E-state index is 0.336. The lowest BCUT2D eigenvalue weighted by Crippen LogP contribution is -2.44. The number of nitrogens with zero attached hydrogens (tertiary/aromatic N) is 2. The largest absolute Gasteiger partial charge is 0.394 e. The number of benzene rings is 2. The Morgan fingerprint density at radius 1 is 1.09 bits per heavy atom. The maximum Gasteiger partial charge on any atom is 0.251 e. The molecule has 3 N–H and O–H groups in total. The van der Waals surface area contributed by atoms with Crippen molar-refractivity contribution >= 4 is 17.3 Å². The summed E-state index contributed by atoms with van der Waals surface area (Å²) in [4.78, 5) is 12.1. The quantitative estimate of drug-likeness (QED) is 0.715. The second-order valence-corrected chi connectivity index (χ2v) is 5.09. The lowest BCUT2D eigenvalue weighted by molar-refractivity contribution is 0.0758. The molecule has 0 aliphatic heterocycles. The summed E-state index contributed by atoms with van der Waals surface area (Å²) in [5, 5.41) is 29.4. The van der Waals surface area contributed by atoms with Crippen LogP contribution in [0.15, 0.2) is 64.8 Å². The van der Waals surface area contributed by atoms with Gasteiger partial charge in [0.05, 0.1) is 30.1 Å². The third-order valence-electron chi connectivity index (χ3n) is 3.24. The van der Waals surface area contributed by atoms with Crippen LogP contribution >= 0.6 is 0 Å². The molecule has 2 atom stereocenters. The summed E-state index contributed by atoms with van der Waals surface area (Å²) in [6, 6.07) is 15.2. The molecule has 0 fully saturated rings. The molecular weight excluding hydrogens is 294 g/mol. The van der Waals surface area contributed by atoms with Crippen molar-refractivity contribution in [1.29, 1.82) is 0 Å². The molecule has 0 aliphatic rings. The van der Waals surface area contributed by atoms with E-state index in [9.17, 15) is 9.90 Å². The van der Waals surface area contributed by atoms with Crippen molar-refractivity contribution in [2.45, 2.75) is 19.1 Å². The fraction of sp³-hybridized carbons (Fsp3) is 0.235. The van der Waals surface area contributed by atoms with Crippen LogP contribution in [0.4, 0.5) is 11.4 Å². The number of aliphatic hydroxyl groups is 2. The summed E-state index contributed by atoms with van der Waals surface area (Å²) in [6.45, 7) is 1.17. The number of azo groups is 1. The van der Waals surface area contributed by atoms with E-state index in [-0.39, 0.29) is 12.5 Å². The maximum atomic E-state index is 12.1. The summed E-state index contributed by atoms with van der Waals surface area (Å²) < 4.78 is 0. The molecule has 2 aromatic carbocycles. The van der Waals surface area contributed by atoms with E-state index in [0.29, 0.717) is 11.3 Å². The minimum Gasteiger partial charge on any atom is -0.394 e. The van der Waals surface area contributed by atoms with Gasteiger partial charge in [-0.15, -0.1) is 0 Å². The molecule has 6 nitrogen and oxygen atoms in total. The average molecular weight is 313 g/mol. The molecule has 0 saturated carbocycles. The Labute approximate surface area is 134 Å². The smallest absolute Gasteiger partial charge is 0.251 e. The SMILES string of the molecule is C[C@H](O)[C@H](CO)NC(=O)c1cccc(N=Nc2ccccc2)c1. The van der Waals surface area contributed by atoms with Crippen LogP contribution in [0.3, 0.4) is 0 Å². The Morgan fingerprint density at radius 3 is 2.39 bits per heavy atom. The molecule has 120 valence electrons. The van der Waals surface area contributed by atoms with Gasteiger partial charge in [0.1, 0.15) is 0 Å². The van der Waals surface area contributed by atoms with E-state index in [1.807, 2.05) is 30.3 Å². The first kappa shape index (κ1) is 16.8. The van der Waals surface area contributed by atoms with Gasteiger partial charge in [-0.25, -0.2) is 0 Å². The molecule has 6 heteroatoms. The van der Waals surface area contributed by atoms with Crippen molar-refractivity contribution in [2.75, 3.05) is 6.61 Å². The van der Waals surface area contributed by atoms with Crippen LogP contribution in [0.1, 0.15) is 17.3 Å². The van der Waals surface area contributed by atoms with E-state index in [4.69, 9.17) is 5.11 Å². The van der Waals surface area contributed by atoms with Gasteiger partial charge in [0, 0.05) is 5.56 Å². The van der Waals surface area contributed by atoms with E-state index in [1.54, 1.807) is 24.3 Å². The van der Waals surface area contributed by atoms with Crippen LogP contribution < -0.4 is 5.32 Å². The van der Waals surface area contributed by atoms with E-state index < -0.39 is 12.1 Å². The van der Waals surface area contributed by atoms with Crippen LogP contribution in [0, 0.1) is 0 Å². The average Bonchev–Trinajstić information content (AvgIpc) is 2.58. The Balaban J connectivity index is 2.10. The van der Waals surface area contributed by atoms with Crippen LogP contribution in [0.25, 0.3) is 0 Å². The number of amides is 1. The third kappa shape index (κ3) is 4.98. The molecule has 0 aliphatic carbocycles. The van der Waals surface area contributed by atoms with Gasteiger partial charge >= 0.3 is 0 Å². The molecule has 23 heavy (non-hydrogen) atoms. The molecule has 2 rings (SSSR count). The van der Waals surface area contributed by atoms with Gasteiger partial charge in [-0.3, -0.25) is 4.79 Å². The monoisotopic (exact) mass is 313 g/mol. The van der Waals surface area contributed by atoms with Crippen LogP contribution in [0.2, 0.25) is 0 Å². The number of aliphatic hydroxyl groups excluding tert-OH is 2. The van der Waals surface area contributed by atoms with Crippen LogP contribution in [-0.4, -0.2) is 34.9 Å². The Kier molecular flexibility index (Phi) is 5.96. The zero-order valence-corrected chi connectivity index (χ0v) is 12.8. The topological polar surface area (TPSA) is 94.3 Å². The molecule has 2 aromatic rings. The number of carbonyl (C=O) groups excluding carboxylic acids is 1. The van der Waals surface area contributed by atoms with Gasteiger partial charge in [-0.2, -0.15) is 10.2 Å². The zero-order valence-electron chi connectivity index (χ0n) is 12.8. The van der Waals surface area contributed by atoms with Gasteiger partial charge in [0.2, 0.25) is 0 Å². The van der Waals surface area contributed by atoms with Crippen LogP contribution in [0.5, 0.6) is 0 Å². The fourth-order valence-corrected chi connectivity index (χ4v) is 1.89. The summed E-state index contributed by atoms with van der Waals surface area (Å²) >= 11 is 0. The van der Waals surface area contributed by atoms with Crippen molar-refractivity contribution in [1.82, 2.24) is 5.32 Å². The molecule has 0 radical (unpaired) electrons. The first-order chi connectivity index (χ1) is 11.1. The van der Waals surface area contributed by atoms with Gasteiger partial charge in [-0.05, 0) is 37.3 Å². The number of hydrogen-bond acceptors (Lipinski definition) is 5. The normalized spacial score (nSPS) is 13.7. The van der Waals surface area contributed by atoms with Crippen LogP contribution in [-0.2, 0) is 0 Å². The van der Waals surface area contributed by atoms with E-state index >= 15 is 0 Å². The molecule has 0 unspecified atom stereocenters. The number of hydrogen-bond donors (Lipinski definition) is 3. The summed E-state index contributed by atoms with van der Waals surface area (Å²) in [5.41, 5.74) is 1.64. The summed E-state index contributed by atoms with van der Waals surface area (Å²) in [5.74, 6) is -0.387. The van der Waals surface area contributed by atoms with Crippen molar-refractivity contribution in [3.05, 3.63) is 60.2 Å². The predicted octanol–water partition coefficient (Wildman–Crippen LogP) is 2.57.